The van der Waals surface area contributed by atoms with Crippen molar-refractivity contribution in [1.29, 1.82) is 0 Å². The van der Waals surface area contributed by atoms with Crippen LogP contribution in [0.4, 0.5) is 10.5 Å². The van der Waals surface area contributed by atoms with Gasteiger partial charge in [0.2, 0.25) is 0 Å². The number of hydrogen-bond donors (Lipinski definition) is 9. The number of amides is 5. The van der Waals surface area contributed by atoms with Crippen molar-refractivity contribution in [2.24, 2.45) is 28.0 Å². The summed E-state index contributed by atoms with van der Waals surface area (Å²) in [7, 11) is -4.21. The minimum absolute atomic E-state index is 0. The molecule has 6 aromatic carbocycles. The standard InChI is InChI=1S/C33H49P.C30H39N5O5.C26H29BrN4O5.C12H9N.C9H17NO2.C2H6.CH4O3S.Pd/c1-23(2)27-21-31(24(3)4)33(32(22-27)25(5)6)26-14-13-19-30(20-26)34(28-15-9-7-10-16-28)29-17-11-8-12-18-29;1-29(2,38)18-39-21-7-9-25-24(16-33-35(25)17-21)28(37)34-20-12-30(13-20)14-22(15-30)40-26-11-19(5-3-4-10-31)6-8-23(26)27(32)36;1-25(2,34)14-35-17-4-6-21-20(12-29-31(21)13-17)24(33)30-16-8-26(9-16)10-18(11-26)36-22-7-15(27)3-5-19(22)23(28)32;13-12-9-5-4-8-11(12)10-6-2-1-3-7-10;1-5-6-7-10-8(11)12-9(2,3)4;1-2;1-5(2,3)4;/h13-14,19-25,28-29H,7-12,15-18H2,1-6H3;6-9,11,16-17,20,22,38H,3-5,10,12-15,18,31H2,1-2H3,(H2,32,36)(H,34,37);3-7,12-13,16,18,34H,8-11,14H2,1-2H3,(H2,28,32)(H,30,33);1-6,8-9,13H;5H,1,6-7H2,2-4H3,(H,10,11);1-2H3;1H3,(H,2,3,4);/q;;;-2;;;;+2/p+1. The third-order valence-corrected chi connectivity index (χ3v) is 30.7. The first-order valence-corrected chi connectivity index (χ1v) is 54.8. The van der Waals surface area contributed by atoms with E-state index >= 15 is 0 Å². The number of nitrogens with zero attached hydrogens (tertiary/aromatic N) is 4. The number of fused-ring (bicyclic) bond motifs is 2. The Morgan fingerprint density at radius 2 is 1.09 bits per heavy atom. The van der Waals surface area contributed by atoms with Crippen molar-refractivity contribution >= 4 is 85.7 Å². The minimum Gasteiger partial charge on any atom is -0.706 e. The number of pyridine rings is 2. The van der Waals surface area contributed by atoms with Gasteiger partial charge in [0.25, 0.3) is 33.7 Å². The number of nitrogens with one attached hydrogen (secondary N) is 4. The summed E-state index contributed by atoms with van der Waals surface area (Å²) in [6.45, 7) is 35.5. The zero-order valence-electron chi connectivity index (χ0n) is 86.4. The number of halogens is 1. The largest absolute Gasteiger partial charge is 2.00 e. The number of unbranched alkanes of at least 4 members (excludes halogenated alkanes) is 1. The molecule has 778 valence electrons. The van der Waals surface area contributed by atoms with Crippen LogP contribution in [-0.2, 0) is 41.7 Å². The smallest absolute Gasteiger partial charge is 0.706 e. The first kappa shape index (κ1) is 117. The van der Waals surface area contributed by atoms with Gasteiger partial charge in [0, 0.05) is 31.0 Å². The number of aliphatic hydroxyl groups is 2. The average molecular weight is 2160 g/mol. The number of primary amides is 2. The third-order valence-electron chi connectivity index (χ3n) is 26.4. The van der Waals surface area contributed by atoms with Gasteiger partial charge in [-0.2, -0.15) is 24.3 Å². The fourth-order valence-electron chi connectivity index (χ4n) is 19.6. The molecule has 2 spiro atoms. The van der Waals surface area contributed by atoms with E-state index in [-0.39, 0.29) is 86.7 Å². The molecule has 10 aromatic rings. The van der Waals surface area contributed by atoms with E-state index in [4.69, 9.17) is 51.2 Å². The van der Waals surface area contributed by atoms with E-state index in [1.165, 1.54) is 75.3 Å². The Morgan fingerprint density at radius 3 is 1.52 bits per heavy atom. The molecule has 16 rings (SSSR count). The first-order valence-electron chi connectivity index (χ1n) is 50.5. The summed E-state index contributed by atoms with van der Waals surface area (Å²) in [6, 6.07) is 51.6. The van der Waals surface area contributed by atoms with E-state index in [1.807, 2.05) is 89.2 Å². The number of ether oxygens (including phenoxy) is 5. The van der Waals surface area contributed by atoms with Crippen LogP contribution in [0.2, 0.25) is 0 Å². The molecule has 6 aliphatic carbocycles. The molecule has 0 aliphatic heterocycles. The van der Waals surface area contributed by atoms with E-state index in [0.717, 1.165) is 110 Å². The van der Waals surface area contributed by atoms with Gasteiger partial charge in [-0.05, 0) is 312 Å². The summed E-state index contributed by atoms with van der Waals surface area (Å²) < 4.78 is 58.4. The van der Waals surface area contributed by atoms with Crippen molar-refractivity contribution in [3.8, 4) is 45.3 Å². The molecule has 6 aliphatic rings. The number of benzene rings is 6. The summed E-state index contributed by atoms with van der Waals surface area (Å²) in [5.41, 5.74) is 38.8. The van der Waals surface area contributed by atoms with Crippen LogP contribution in [0.15, 0.2) is 188 Å². The number of rotatable bonds is 31. The zero-order valence-corrected chi connectivity index (χ0v) is 91.4. The Labute approximate surface area is 870 Å². The van der Waals surface area contributed by atoms with Crippen LogP contribution >= 0.6 is 23.9 Å². The number of hydrogen-bond acceptors (Lipinski definition) is 17. The molecule has 0 atom stereocenters. The van der Waals surface area contributed by atoms with E-state index in [9.17, 15) is 42.6 Å². The molecule has 4 aromatic heterocycles. The van der Waals surface area contributed by atoms with Gasteiger partial charge in [-0.15, -0.1) is 48.0 Å². The molecule has 6 fully saturated rings. The maximum absolute atomic E-state index is 13.0. The molecule has 143 heavy (non-hydrogen) atoms. The summed E-state index contributed by atoms with van der Waals surface area (Å²) in [6.07, 6.45) is 34.2. The van der Waals surface area contributed by atoms with Gasteiger partial charge >= 0.3 is 26.5 Å². The number of carbonyl (C=O) groups excluding carboxylic acids is 5. The molecule has 5 amide bonds. The monoisotopic (exact) mass is 2150 g/mol. The second-order valence-corrected chi connectivity index (χ2v) is 47.4. The summed E-state index contributed by atoms with van der Waals surface area (Å²) in [5, 5.41) is 38.9. The Balaban J connectivity index is 0.000000207. The maximum Gasteiger partial charge on any atom is 2.00 e. The molecular formula is C113H154BrN11O15PPdS+. The molecule has 4 heterocycles. The number of alkyl carbamates (subject to hydrolysis) is 1. The van der Waals surface area contributed by atoms with E-state index in [2.05, 4.69) is 133 Å². The summed E-state index contributed by atoms with van der Waals surface area (Å²) in [5.74, 6) is 2.54. The predicted molar refractivity (Wildman–Crippen MR) is 575 cm³/mol. The Morgan fingerprint density at radius 1 is 0.615 bits per heavy atom. The molecule has 0 unspecified atom stereocenters. The summed E-state index contributed by atoms with van der Waals surface area (Å²) in [4.78, 5) is 60.5. The van der Waals surface area contributed by atoms with Crippen molar-refractivity contribution in [3.63, 3.8) is 0 Å². The van der Waals surface area contributed by atoms with Crippen molar-refractivity contribution in [2.45, 2.75) is 315 Å². The fraction of sp³-hybridized carbons (Fsp3) is 0.496. The molecule has 0 radical (unpaired) electrons. The van der Waals surface area contributed by atoms with Gasteiger partial charge in [0.05, 0.1) is 104 Å². The quantitative estimate of drug-likeness (QED) is 0.00486. The molecule has 13 N–H and O–H groups in total. The van der Waals surface area contributed by atoms with Crippen LogP contribution in [0, 0.1) is 16.9 Å². The van der Waals surface area contributed by atoms with Gasteiger partial charge < -0.3 is 72.8 Å². The molecular weight excluding hydrogens is 2000 g/mol. The SMILES string of the molecule is C=CCCNC(=O)OC(C)(C)C.CC.CC(C)(O)COc1ccc2c(C(=O)NC3CC4(C3)CC(Oc3cc(Br)ccc3C(N)=O)C4)cnn2c1.CC(C)(O)COc1ccc2c(C(=O)NC3CC4(C3)CC(Oc3cc(CCCCN)ccc3C(N)=O)C4)cnn2c1.CC(C)c1cc(C(C)C)c(-c2cccc([PH+](C3CCCCC3)C3CCCCC3)c2)c(C(C)C)c1.CS(=O)(=O)O.[NH-]c1ccccc1-c1[c-]cccc1.[Pd+2]. The van der Waals surface area contributed by atoms with Crippen LogP contribution in [0.3, 0.4) is 0 Å². The van der Waals surface area contributed by atoms with Crippen LogP contribution in [0.1, 0.15) is 320 Å². The van der Waals surface area contributed by atoms with Crippen molar-refractivity contribution < 1.29 is 91.3 Å². The molecule has 0 saturated heterocycles. The molecule has 0 bridgehead atoms. The Hall–Kier alpha value is -10.0. The second kappa shape index (κ2) is 53.3. The van der Waals surface area contributed by atoms with Crippen LogP contribution in [0.25, 0.3) is 39.0 Å². The third kappa shape index (κ3) is 35.1. The Kier molecular flexibility index (Phi) is 43.5. The summed E-state index contributed by atoms with van der Waals surface area (Å²) >= 11 is 3.41. The molecule has 30 heteroatoms. The van der Waals surface area contributed by atoms with E-state index < -0.39 is 46.7 Å². The van der Waals surface area contributed by atoms with E-state index in [1.54, 1.807) is 144 Å². The van der Waals surface area contributed by atoms with Gasteiger partial charge in [-0.3, -0.25) is 23.7 Å². The Bertz CT molecular complexity index is 5900. The number of aryl methyl sites for hydroxylation is 1. The number of aromatic nitrogens is 4. The van der Waals surface area contributed by atoms with Crippen LogP contribution in [0.5, 0.6) is 23.0 Å². The number of carbonyl (C=O) groups is 5. The predicted octanol–water partition coefficient (Wildman–Crippen LogP) is 23.1. The normalized spacial score (nSPS) is 18.6. The first-order chi connectivity index (χ1) is 67.2. The van der Waals surface area contributed by atoms with Gasteiger partial charge in [-0.25, -0.2) is 13.8 Å². The van der Waals surface area contributed by atoms with Crippen molar-refractivity contribution in [2.75, 3.05) is 32.6 Å². The zero-order chi connectivity index (χ0) is 104. The fourth-order valence-corrected chi connectivity index (χ4v) is 24.2. The van der Waals surface area contributed by atoms with Crippen molar-refractivity contribution in [3.05, 3.63) is 244 Å². The van der Waals surface area contributed by atoms with Gasteiger partial charge in [0.1, 0.15) is 41.8 Å². The average Bonchev–Trinajstić information content (AvgIpc) is 1.70. The van der Waals surface area contributed by atoms with Gasteiger partial charge in [0.15, 0.2) is 0 Å². The number of nitrogens with two attached hydrogens (primary N) is 3. The van der Waals surface area contributed by atoms with Crippen LogP contribution < -0.4 is 57.4 Å². The van der Waals surface area contributed by atoms with E-state index in [0.29, 0.717) is 99.1 Å². The molecule has 26 nitrogen and oxygen atoms in total. The maximum atomic E-state index is 13.0. The second-order valence-electron chi connectivity index (χ2n) is 41.9. The van der Waals surface area contributed by atoms with Crippen molar-refractivity contribution in [1.82, 2.24) is 35.2 Å². The van der Waals surface area contributed by atoms with Gasteiger partial charge in [-0.1, -0.05) is 145 Å². The minimum atomic E-state index is -3.67. The molecule has 6 saturated carbocycles. The van der Waals surface area contributed by atoms with Crippen LogP contribution in [-0.4, -0.2) is 157 Å². The topological polar surface area (TPSA) is 399 Å².